The molecule has 0 spiro atoms. The van der Waals surface area contributed by atoms with Crippen LogP contribution in [-0.2, 0) is 16.0 Å². The van der Waals surface area contributed by atoms with E-state index in [0.29, 0.717) is 24.4 Å². The van der Waals surface area contributed by atoms with Gasteiger partial charge in [-0.1, -0.05) is 30.3 Å². The Labute approximate surface area is 165 Å². The standard InChI is InChI=1S/C23H24N2O3/c1-4-24-22(26)20(17-9-11-18(12-10-17)28-15(2)3)21(23(24)27)25-14-13-16-7-5-6-8-19(16)25/h5-12,15H,4,13-14H2,1-3H3. The first-order chi connectivity index (χ1) is 13.5. The van der Waals surface area contributed by atoms with Gasteiger partial charge in [0.15, 0.2) is 0 Å². The second kappa shape index (κ2) is 7.15. The molecule has 0 fully saturated rings. The normalized spacial score (nSPS) is 16.4. The molecule has 2 aliphatic heterocycles. The van der Waals surface area contributed by atoms with Crippen molar-refractivity contribution in [3.05, 3.63) is 65.4 Å². The molecule has 0 aliphatic carbocycles. The van der Waals surface area contributed by atoms with E-state index in [1.165, 1.54) is 10.5 Å². The van der Waals surface area contributed by atoms with Crippen LogP contribution in [0.1, 0.15) is 31.9 Å². The number of ether oxygens (including phenoxy) is 1. The summed E-state index contributed by atoms with van der Waals surface area (Å²) in [6.07, 6.45) is 0.939. The zero-order valence-corrected chi connectivity index (χ0v) is 16.4. The van der Waals surface area contributed by atoms with Crippen molar-refractivity contribution in [2.24, 2.45) is 0 Å². The second-order valence-electron chi connectivity index (χ2n) is 7.30. The van der Waals surface area contributed by atoms with Gasteiger partial charge in [0.2, 0.25) is 0 Å². The number of hydrogen-bond acceptors (Lipinski definition) is 4. The van der Waals surface area contributed by atoms with E-state index in [9.17, 15) is 9.59 Å². The van der Waals surface area contributed by atoms with E-state index < -0.39 is 0 Å². The zero-order chi connectivity index (χ0) is 19.8. The van der Waals surface area contributed by atoms with E-state index in [1.807, 2.05) is 68.1 Å². The summed E-state index contributed by atoms with van der Waals surface area (Å²) in [5.41, 5.74) is 3.90. The van der Waals surface area contributed by atoms with E-state index in [4.69, 9.17) is 4.74 Å². The number of benzene rings is 2. The van der Waals surface area contributed by atoms with Crippen molar-refractivity contribution in [2.45, 2.75) is 33.3 Å². The predicted octanol–water partition coefficient (Wildman–Crippen LogP) is 3.64. The van der Waals surface area contributed by atoms with Crippen LogP contribution in [0.4, 0.5) is 5.69 Å². The number of amides is 2. The molecule has 0 unspecified atom stereocenters. The molecule has 4 rings (SSSR count). The highest BCUT2D eigenvalue weighted by Gasteiger charge is 2.42. The monoisotopic (exact) mass is 376 g/mol. The van der Waals surface area contributed by atoms with Crippen molar-refractivity contribution in [3.63, 3.8) is 0 Å². The summed E-state index contributed by atoms with van der Waals surface area (Å²) in [6.45, 7) is 6.82. The average molecular weight is 376 g/mol. The third-order valence-electron chi connectivity index (χ3n) is 5.13. The molecule has 0 N–H and O–H groups in total. The van der Waals surface area contributed by atoms with Crippen LogP contribution in [0.3, 0.4) is 0 Å². The number of anilines is 1. The average Bonchev–Trinajstić information content (AvgIpc) is 3.20. The van der Waals surface area contributed by atoms with E-state index in [1.54, 1.807) is 0 Å². The van der Waals surface area contributed by atoms with Crippen LogP contribution in [0.25, 0.3) is 5.57 Å². The number of carbonyl (C=O) groups is 2. The summed E-state index contributed by atoms with van der Waals surface area (Å²) < 4.78 is 5.71. The second-order valence-corrected chi connectivity index (χ2v) is 7.30. The quantitative estimate of drug-likeness (QED) is 0.748. The first kappa shape index (κ1) is 18.3. The van der Waals surface area contributed by atoms with Crippen molar-refractivity contribution in [1.82, 2.24) is 4.90 Å². The van der Waals surface area contributed by atoms with Crippen LogP contribution in [-0.4, -0.2) is 35.9 Å². The van der Waals surface area contributed by atoms with Gasteiger partial charge in [0.05, 0.1) is 11.7 Å². The number of rotatable bonds is 5. The first-order valence-corrected chi connectivity index (χ1v) is 9.74. The molecule has 5 heteroatoms. The largest absolute Gasteiger partial charge is 0.491 e. The van der Waals surface area contributed by atoms with Gasteiger partial charge < -0.3 is 9.64 Å². The van der Waals surface area contributed by atoms with Crippen LogP contribution in [0, 0.1) is 0 Å². The lowest BCUT2D eigenvalue weighted by Crippen LogP contribution is -2.34. The van der Waals surface area contributed by atoms with Gasteiger partial charge in [-0.25, -0.2) is 0 Å². The number of para-hydroxylation sites is 1. The number of carbonyl (C=O) groups excluding carboxylic acids is 2. The summed E-state index contributed by atoms with van der Waals surface area (Å²) in [5, 5.41) is 0. The van der Waals surface area contributed by atoms with Crippen molar-refractivity contribution in [3.8, 4) is 5.75 Å². The zero-order valence-electron chi connectivity index (χ0n) is 16.4. The Morgan fingerprint density at radius 1 is 1.00 bits per heavy atom. The van der Waals surface area contributed by atoms with Crippen LogP contribution in [0.2, 0.25) is 0 Å². The Hall–Kier alpha value is -3.08. The summed E-state index contributed by atoms with van der Waals surface area (Å²) in [6, 6.07) is 15.5. The lowest BCUT2D eigenvalue weighted by Gasteiger charge is -2.21. The molecule has 0 saturated carbocycles. The highest BCUT2D eigenvalue weighted by atomic mass is 16.5. The molecule has 2 heterocycles. The lowest BCUT2D eigenvalue weighted by atomic mass is 10.0. The summed E-state index contributed by atoms with van der Waals surface area (Å²) >= 11 is 0. The summed E-state index contributed by atoms with van der Waals surface area (Å²) in [4.78, 5) is 29.5. The van der Waals surface area contributed by atoms with Gasteiger partial charge in [0, 0.05) is 18.8 Å². The summed E-state index contributed by atoms with van der Waals surface area (Å²) in [5.74, 6) is 0.294. The van der Waals surface area contributed by atoms with Crippen molar-refractivity contribution >= 4 is 23.1 Å². The van der Waals surface area contributed by atoms with Crippen LogP contribution in [0.15, 0.2) is 54.2 Å². The Kier molecular flexibility index (Phi) is 4.67. The van der Waals surface area contributed by atoms with Crippen LogP contribution < -0.4 is 9.64 Å². The molecule has 0 bridgehead atoms. The molecule has 2 aliphatic rings. The predicted molar refractivity (Wildman–Crippen MR) is 109 cm³/mol. The molecule has 0 radical (unpaired) electrons. The third-order valence-corrected chi connectivity index (χ3v) is 5.13. The van der Waals surface area contributed by atoms with E-state index in [2.05, 4.69) is 6.07 Å². The van der Waals surface area contributed by atoms with Crippen LogP contribution in [0.5, 0.6) is 5.75 Å². The van der Waals surface area contributed by atoms with Gasteiger partial charge >= 0.3 is 0 Å². The van der Waals surface area contributed by atoms with Crippen molar-refractivity contribution < 1.29 is 14.3 Å². The van der Waals surface area contributed by atoms with Gasteiger partial charge in [-0.2, -0.15) is 0 Å². The number of likely N-dealkylation sites (N-methyl/N-ethyl adjacent to an activating group) is 1. The minimum absolute atomic E-state index is 0.0759. The van der Waals surface area contributed by atoms with E-state index in [-0.39, 0.29) is 17.9 Å². The lowest BCUT2D eigenvalue weighted by molar-refractivity contribution is -0.136. The highest BCUT2D eigenvalue weighted by molar-refractivity contribution is 6.36. The smallest absolute Gasteiger partial charge is 0.278 e. The van der Waals surface area contributed by atoms with Crippen molar-refractivity contribution in [2.75, 3.05) is 18.0 Å². The van der Waals surface area contributed by atoms with Gasteiger partial charge in [-0.15, -0.1) is 0 Å². The molecule has 2 amide bonds. The molecular weight excluding hydrogens is 352 g/mol. The molecule has 2 aromatic carbocycles. The van der Waals surface area contributed by atoms with Crippen LogP contribution >= 0.6 is 0 Å². The summed E-state index contributed by atoms with van der Waals surface area (Å²) in [7, 11) is 0. The van der Waals surface area contributed by atoms with Crippen molar-refractivity contribution in [1.29, 1.82) is 0 Å². The SMILES string of the molecule is CCN1C(=O)C(c2ccc(OC(C)C)cc2)=C(N2CCc3ccccc32)C1=O. The Morgan fingerprint density at radius 2 is 1.71 bits per heavy atom. The maximum absolute atomic E-state index is 13.1. The molecule has 28 heavy (non-hydrogen) atoms. The maximum atomic E-state index is 13.1. The molecule has 5 nitrogen and oxygen atoms in total. The number of hydrogen-bond donors (Lipinski definition) is 0. The third kappa shape index (κ3) is 2.97. The fourth-order valence-corrected chi connectivity index (χ4v) is 3.90. The van der Waals surface area contributed by atoms with E-state index in [0.717, 1.165) is 23.4 Å². The molecule has 0 saturated heterocycles. The fourth-order valence-electron chi connectivity index (χ4n) is 3.90. The van der Waals surface area contributed by atoms with Gasteiger partial charge in [-0.05, 0) is 56.5 Å². The minimum Gasteiger partial charge on any atom is -0.491 e. The number of imide groups is 1. The van der Waals surface area contributed by atoms with Gasteiger partial charge in [0.1, 0.15) is 11.4 Å². The molecule has 0 aromatic heterocycles. The molecular formula is C23H24N2O3. The van der Waals surface area contributed by atoms with E-state index >= 15 is 0 Å². The van der Waals surface area contributed by atoms with Gasteiger partial charge in [0.25, 0.3) is 11.8 Å². The molecule has 144 valence electrons. The minimum atomic E-state index is -0.232. The number of nitrogens with zero attached hydrogens (tertiary/aromatic N) is 2. The molecule has 2 aromatic rings. The van der Waals surface area contributed by atoms with Gasteiger partial charge in [-0.3, -0.25) is 14.5 Å². The number of fused-ring (bicyclic) bond motifs is 1. The topological polar surface area (TPSA) is 49.9 Å². The Balaban J connectivity index is 1.80. The Bertz CT molecular complexity index is 960. The highest BCUT2D eigenvalue weighted by Crippen LogP contribution is 2.38. The first-order valence-electron chi connectivity index (χ1n) is 9.74. The maximum Gasteiger partial charge on any atom is 0.278 e. The molecule has 0 atom stereocenters. The Morgan fingerprint density at radius 3 is 2.39 bits per heavy atom. The fraction of sp³-hybridized carbons (Fsp3) is 0.304.